The molecule has 0 N–H and O–H groups in total. The molecule has 0 bridgehead atoms. The Morgan fingerprint density at radius 3 is 1.11 bits per heavy atom. The number of allylic oxidation sites excluding steroid dienone is 2. The monoisotopic (exact) mass is 486 g/mol. The van der Waals surface area contributed by atoms with Gasteiger partial charge >= 0.3 is 11.9 Å². The fourth-order valence-electron chi connectivity index (χ4n) is 3.31. The van der Waals surface area contributed by atoms with Gasteiger partial charge in [-0.2, -0.15) is 0 Å². The Balaban J connectivity index is 1.58. The van der Waals surface area contributed by atoms with E-state index in [4.69, 9.17) is 18.9 Å². The standard InChI is InChI=1S/C30H30O6/c1-5-33-29(31)19-21(3)23-7-11-25(12-8-23)35-27-15-17-28(18-16-27)36-26-13-9-24(10-14-26)22(4)20-30(32)34-6-2/h7-20H,5-6H2,1-4H3/b21-19+,22-20+. The molecule has 0 atom stereocenters. The Bertz CT molecular complexity index is 1120. The molecule has 0 aliphatic rings. The van der Waals surface area contributed by atoms with Crippen LogP contribution in [0.1, 0.15) is 38.8 Å². The maximum absolute atomic E-state index is 11.6. The summed E-state index contributed by atoms with van der Waals surface area (Å²) in [5.74, 6) is 1.99. The van der Waals surface area contributed by atoms with E-state index in [1.165, 1.54) is 12.2 Å². The first-order chi connectivity index (χ1) is 17.4. The maximum atomic E-state index is 11.6. The fraction of sp³-hybridized carbons (Fsp3) is 0.200. The van der Waals surface area contributed by atoms with Gasteiger partial charge in [-0.3, -0.25) is 0 Å². The third kappa shape index (κ3) is 7.87. The van der Waals surface area contributed by atoms with Crippen LogP contribution in [0.25, 0.3) is 11.1 Å². The second-order valence-electron chi connectivity index (χ2n) is 7.88. The van der Waals surface area contributed by atoms with Crippen LogP contribution in [-0.2, 0) is 19.1 Å². The highest BCUT2D eigenvalue weighted by molar-refractivity contribution is 5.91. The summed E-state index contributed by atoms with van der Waals surface area (Å²) in [6.07, 6.45) is 2.96. The van der Waals surface area contributed by atoms with E-state index in [0.717, 1.165) is 22.3 Å². The van der Waals surface area contributed by atoms with Crippen molar-refractivity contribution in [2.75, 3.05) is 13.2 Å². The van der Waals surface area contributed by atoms with Crippen LogP contribution in [0, 0.1) is 0 Å². The van der Waals surface area contributed by atoms with E-state index in [1.54, 1.807) is 13.8 Å². The molecule has 0 aromatic heterocycles. The first kappa shape index (κ1) is 26.3. The predicted molar refractivity (Wildman–Crippen MR) is 140 cm³/mol. The van der Waals surface area contributed by atoms with Gasteiger partial charge < -0.3 is 18.9 Å². The summed E-state index contributed by atoms with van der Waals surface area (Å²) >= 11 is 0. The molecule has 3 aromatic carbocycles. The molecule has 0 fully saturated rings. The normalized spacial score (nSPS) is 11.6. The van der Waals surface area contributed by atoms with E-state index in [2.05, 4.69) is 0 Å². The SMILES string of the molecule is CCOC(=O)/C=C(\C)c1ccc(Oc2ccc(Oc3ccc(/C(C)=C/C(=O)OCC)cc3)cc2)cc1. The van der Waals surface area contributed by atoms with Crippen LogP contribution in [0.2, 0.25) is 0 Å². The van der Waals surface area contributed by atoms with Crippen molar-refractivity contribution in [2.24, 2.45) is 0 Å². The zero-order valence-electron chi connectivity index (χ0n) is 20.9. The molecule has 0 radical (unpaired) electrons. The molecule has 0 aliphatic heterocycles. The second-order valence-corrected chi connectivity index (χ2v) is 7.88. The minimum Gasteiger partial charge on any atom is -0.463 e. The smallest absolute Gasteiger partial charge is 0.331 e. The number of rotatable bonds is 10. The van der Waals surface area contributed by atoms with Gasteiger partial charge in [0.25, 0.3) is 0 Å². The van der Waals surface area contributed by atoms with Crippen molar-refractivity contribution < 1.29 is 28.5 Å². The molecule has 0 saturated carbocycles. The lowest BCUT2D eigenvalue weighted by Gasteiger charge is -2.10. The van der Waals surface area contributed by atoms with Crippen LogP contribution in [0.4, 0.5) is 0 Å². The third-order valence-corrected chi connectivity index (χ3v) is 5.16. The summed E-state index contributed by atoms with van der Waals surface area (Å²) in [5.41, 5.74) is 3.47. The number of benzene rings is 3. The van der Waals surface area contributed by atoms with E-state index < -0.39 is 0 Å². The first-order valence-electron chi connectivity index (χ1n) is 11.7. The average Bonchev–Trinajstić information content (AvgIpc) is 2.86. The predicted octanol–water partition coefficient (Wildman–Crippen LogP) is 7.20. The van der Waals surface area contributed by atoms with Crippen LogP contribution in [-0.4, -0.2) is 25.2 Å². The van der Waals surface area contributed by atoms with Crippen LogP contribution in [0.3, 0.4) is 0 Å². The summed E-state index contributed by atoms with van der Waals surface area (Å²) < 4.78 is 21.7. The molecule has 6 heteroatoms. The number of hydrogen-bond acceptors (Lipinski definition) is 6. The van der Waals surface area contributed by atoms with E-state index in [1.807, 2.05) is 86.6 Å². The Hall–Kier alpha value is -4.32. The molecule has 0 aliphatic carbocycles. The molecule has 0 saturated heterocycles. The molecule has 6 nitrogen and oxygen atoms in total. The maximum Gasteiger partial charge on any atom is 0.331 e. The van der Waals surface area contributed by atoms with Crippen LogP contribution >= 0.6 is 0 Å². The van der Waals surface area contributed by atoms with Crippen LogP contribution < -0.4 is 9.47 Å². The summed E-state index contributed by atoms with van der Waals surface area (Å²) in [6, 6.07) is 22.3. The van der Waals surface area contributed by atoms with Gasteiger partial charge in [-0.25, -0.2) is 9.59 Å². The van der Waals surface area contributed by atoms with Crippen molar-refractivity contribution in [1.29, 1.82) is 0 Å². The van der Waals surface area contributed by atoms with Crippen molar-refractivity contribution in [1.82, 2.24) is 0 Å². The van der Waals surface area contributed by atoms with Crippen LogP contribution in [0.15, 0.2) is 84.9 Å². The number of ether oxygens (including phenoxy) is 4. The molecule has 0 heterocycles. The zero-order chi connectivity index (χ0) is 25.9. The van der Waals surface area contributed by atoms with Gasteiger partial charge in [0.2, 0.25) is 0 Å². The van der Waals surface area contributed by atoms with Gasteiger partial charge in [0.15, 0.2) is 0 Å². The lowest BCUT2D eigenvalue weighted by molar-refractivity contribution is -0.138. The minimum atomic E-state index is -0.352. The van der Waals surface area contributed by atoms with Gasteiger partial charge in [0.05, 0.1) is 13.2 Å². The highest BCUT2D eigenvalue weighted by Gasteiger charge is 2.05. The summed E-state index contributed by atoms with van der Waals surface area (Å²) in [7, 11) is 0. The molecule has 36 heavy (non-hydrogen) atoms. The van der Waals surface area contributed by atoms with Gasteiger partial charge in [-0.1, -0.05) is 24.3 Å². The number of hydrogen-bond donors (Lipinski definition) is 0. The molecular formula is C30H30O6. The highest BCUT2D eigenvalue weighted by atomic mass is 16.5. The van der Waals surface area contributed by atoms with Crippen molar-refractivity contribution in [3.63, 3.8) is 0 Å². The van der Waals surface area contributed by atoms with E-state index >= 15 is 0 Å². The molecular weight excluding hydrogens is 456 g/mol. The molecule has 186 valence electrons. The largest absolute Gasteiger partial charge is 0.463 e. The quantitative estimate of drug-likeness (QED) is 0.223. The number of carbonyl (C=O) groups excluding carboxylic acids is 2. The third-order valence-electron chi connectivity index (χ3n) is 5.16. The van der Waals surface area contributed by atoms with Crippen molar-refractivity contribution in [3.8, 4) is 23.0 Å². The van der Waals surface area contributed by atoms with Gasteiger partial charge in [-0.15, -0.1) is 0 Å². The molecule has 0 spiro atoms. The summed E-state index contributed by atoms with van der Waals surface area (Å²) in [5, 5.41) is 0. The Morgan fingerprint density at radius 2 is 0.833 bits per heavy atom. The lowest BCUT2D eigenvalue weighted by Crippen LogP contribution is -2.00. The highest BCUT2D eigenvalue weighted by Crippen LogP contribution is 2.28. The summed E-state index contributed by atoms with van der Waals surface area (Å²) in [6.45, 7) is 7.97. The molecule has 3 rings (SSSR count). The summed E-state index contributed by atoms with van der Waals surface area (Å²) in [4.78, 5) is 23.2. The van der Waals surface area contributed by atoms with E-state index in [-0.39, 0.29) is 11.9 Å². The zero-order valence-corrected chi connectivity index (χ0v) is 20.9. The Labute approximate surface area is 211 Å². The van der Waals surface area contributed by atoms with E-state index in [9.17, 15) is 9.59 Å². The average molecular weight is 487 g/mol. The topological polar surface area (TPSA) is 71.1 Å². The van der Waals surface area contributed by atoms with Crippen molar-refractivity contribution in [3.05, 3.63) is 96.1 Å². The van der Waals surface area contributed by atoms with Gasteiger partial charge in [0, 0.05) is 12.2 Å². The van der Waals surface area contributed by atoms with E-state index in [0.29, 0.717) is 36.2 Å². The lowest BCUT2D eigenvalue weighted by atomic mass is 10.1. The number of esters is 2. The fourth-order valence-corrected chi connectivity index (χ4v) is 3.31. The van der Waals surface area contributed by atoms with Crippen molar-refractivity contribution in [2.45, 2.75) is 27.7 Å². The molecule has 0 unspecified atom stereocenters. The molecule has 3 aromatic rings. The first-order valence-corrected chi connectivity index (χ1v) is 11.7. The second kappa shape index (κ2) is 13.0. The van der Waals surface area contributed by atoms with Crippen LogP contribution in [0.5, 0.6) is 23.0 Å². The number of carbonyl (C=O) groups is 2. The van der Waals surface area contributed by atoms with Gasteiger partial charge in [0.1, 0.15) is 23.0 Å². The Kier molecular flexibility index (Phi) is 9.46. The molecule has 0 amide bonds. The van der Waals surface area contributed by atoms with Gasteiger partial charge in [-0.05, 0) is 98.5 Å². The van der Waals surface area contributed by atoms with Crippen molar-refractivity contribution >= 4 is 23.1 Å². The Morgan fingerprint density at radius 1 is 0.556 bits per heavy atom. The minimum absolute atomic E-state index is 0.349.